The van der Waals surface area contributed by atoms with Gasteiger partial charge in [-0.25, -0.2) is 0 Å². The molecule has 1 aromatic rings. The minimum absolute atomic E-state index is 0.0214. The maximum atomic E-state index is 12.7. The first-order chi connectivity index (χ1) is 16.6. The zero-order valence-electron chi connectivity index (χ0n) is 21.6. The monoisotopic (exact) mass is 475 g/mol. The molecule has 0 bridgehead atoms. The normalized spacial score (nSPS) is 33.9. The van der Waals surface area contributed by atoms with Crippen molar-refractivity contribution in [1.29, 1.82) is 0 Å². The Balaban J connectivity index is 1.65. The van der Waals surface area contributed by atoms with Crippen LogP contribution in [-0.4, -0.2) is 37.7 Å². The Hall–Kier alpha value is -2.69. The predicted octanol–water partition coefficient (Wildman–Crippen LogP) is 5.40. The van der Waals surface area contributed by atoms with Gasteiger partial charge in [-0.05, 0) is 91.2 Å². The van der Waals surface area contributed by atoms with Gasteiger partial charge in [-0.15, -0.1) is 0 Å². The molecule has 0 amide bonds. The van der Waals surface area contributed by atoms with Crippen molar-refractivity contribution >= 4 is 23.2 Å². The highest BCUT2D eigenvalue weighted by Crippen LogP contribution is 2.65. The van der Waals surface area contributed by atoms with Gasteiger partial charge in [-0.2, -0.15) is 0 Å². The third-order valence-corrected chi connectivity index (χ3v) is 9.41. The molecule has 6 atom stereocenters. The molecule has 0 saturated heterocycles. The van der Waals surface area contributed by atoms with Crippen molar-refractivity contribution in [2.24, 2.45) is 23.2 Å². The molecule has 0 aliphatic heterocycles. The van der Waals surface area contributed by atoms with E-state index in [2.05, 4.69) is 36.1 Å². The molecule has 2 saturated carbocycles. The number of carbonyl (C=O) groups is 3. The van der Waals surface area contributed by atoms with Crippen LogP contribution in [0.4, 0.5) is 5.69 Å². The van der Waals surface area contributed by atoms with Gasteiger partial charge in [0.1, 0.15) is 5.78 Å². The standard InChI is InChI=1S/C30H37NO4/c1-17(32)25-12-13-26-22-11-8-20-14-27(34)28(35-18(2)33)15-23(20)29(22)24(16-30(25,26)3)19-6-9-21(10-7-19)31(4)5/h6-7,9-10,14,22,24-26,28H,8,11-13,15-16H2,1-5H3/t22-,24+,25+,26-,28?,30+/m0/s1. The molecule has 0 radical (unpaired) electrons. The van der Waals surface area contributed by atoms with E-state index in [1.165, 1.54) is 23.6 Å². The highest BCUT2D eigenvalue weighted by Gasteiger charge is 2.57. The summed E-state index contributed by atoms with van der Waals surface area (Å²) >= 11 is 0. The fourth-order valence-electron chi connectivity index (χ4n) is 7.91. The lowest BCUT2D eigenvalue weighted by Crippen LogP contribution is -2.45. The molecule has 186 valence electrons. The molecular weight excluding hydrogens is 438 g/mol. The summed E-state index contributed by atoms with van der Waals surface area (Å²) in [6.07, 6.45) is 6.39. The van der Waals surface area contributed by atoms with Crippen LogP contribution >= 0.6 is 0 Å². The fraction of sp³-hybridized carbons (Fsp3) is 0.567. The first-order valence-electron chi connectivity index (χ1n) is 13.0. The molecule has 1 unspecified atom stereocenters. The second kappa shape index (κ2) is 8.76. The number of Topliss-reactive ketones (excluding diaryl/α,β-unsaturated/α-hetero) is 1. The summed E-state index contributed by atoms with van der Waals surface area (Å²) < 4.78 is 5.45. The molecule has 1 aromatic carbocycles. The van der Waals surface area contributed by atoms with Gasteiger partial charge in [-0.1, -0.05) is 24.6 Å². The third-order valence-electron chi connectivity index (χ3n) is 9.41. The third kappa shape index (κ3) is 3.97. The lowest BCUT2D eigenvalue weighted by Gasteiger charge is -2.52. The Morgan fingerprint density at radius 1 is 1.06 bits per heavy atom. The van der Waals surface area contributed by atoms with Gasteiger partial charge in [0.25, 0.3) is 0 Å². The van der Waals surface area contributed by atoms with Crippen molar-refractivity contribution in [3.8, 4) is 0 Å². The van der Waals surface area contributed by atoms with E-state index in [9.17, 15) is 14.4 Å². The number of benzene rings is 1. The molecule has 4 aliphatic carbocycles. The maximum absolute atomic E-state index is 12.7. The van der Waals surface area contributed by atoms with Crippen LogP contribution in [0.25, 0.3) is 0 Å². The molecule has 5 heteroatoms. The summed E-state index contributed by atoms with van der Waals surface area (Å²) in [4.78, 5) is 39.3. The molecule has 0 aromatic heterocycles. The number of ketones is 2. The molecule has 5 rings (SSSR count). The number of ether oxygens (including phenoxy) is 1. The predicted molar refractivity (Wildman–Crippen MR) is 136 cm³/mol. The summed E-state index contributed by atoms with van der Waals surface area (Å²) in [5.41, 5.74) is 6.22. The van der Waals surface area contributed by atoms with Crippen molar-refractivity contribution in [2.45, 2.75) is 71.3 Å². The molecule has 0 N–H and O–H groups in total. The average Bonchev–Trinajstić information content (AvgIpc) is 3.16. The van der Waals surface area contributed by atoms with Crippen LogP contribution in [0.2, 0.25) is 0 Å². The van der Waals surface area contributed by atoms with Gasteiger partial charge in [0.15, 0.2) is 11.9 Å². The highest BCUT2D eigenvalue weighted by molar-refractivity contribution is 5.98. The van der Waals surface area contributed by atoms with Crippen molar-refractivity contribution in [3.05, 3.63) is 52.6 Å². The van der Waals surface area contributed by atoms with Crippen LogP contribution in [0.5, 0.6) is 0 Å². The molecule has 0 heterocycles. The second-order valence-corrected chi connectivity index (χ2v) is 11.5. The number of carbonyl (C=O) groups excluding carboxylic acids is 3. The Morgan fingerprint density at radius 3 is 2.40 bits per heavy atom. The Bertz CT molecular complexity index is 1130. The summed E-state index contributed by atoms with van der Waals surface area (Å²) in [7, 11) is 4.09. The van der Waals surface area contributed by atoms with Gasteiger partial charge in [0.05, 0.1) is 0 Å². The SMILES string of the molecule is CC(=O)OC1CC2=C3[C@@H](CCC2=CC1=O)[C@@H]1CC[C@H](C(C)=O)[C@@]1(C)C[C@@H]3c1ccc(N(C)C)cc1. The number of nitrogens with zero attached hydrogens (tertiary/aromatic N) is 1. The molecular formula is C30H37NO4. The summed E-state index contributed by atoms with van der Waals surface area (Å²) in [5.74, 6) is 0.997. The first kappa shape index (κ1) is 24.0. The van der Waals surface area contributed by atoms with Crippen LogP contribution < -0.4 is 4.90 Å². The Labute approximate surface area is 208 Å². The smallest absolute Gasteiger partial charge is 0.303 e. The lowest BCUT2D eigenvalue weighted by molar-refractivity contribution is -0.151. The molecule has 2 fully saturated rings. The topological polar surface area (TPSA) is 63.7 Å². The minimum atomic E-state index is -0.726. The van der Waals surface area contributed by atoms with Gasteiger partial charge in [0.2, 0.25) is 0 Å². The molecule has 4 aliphatic rings. The zero-order chi connectivity index (χ0) is 25.1. The van der Waals surface area contributed by atoms with Crippen LogP contribution in [0.1, 0.15) is 70.8 Å². The number of hydrogen-bond donors (Lipinski definition) is 0. The number of rotatable bonds is 4. The van der Waals surface area contributed by atoms with Crippen molar-refractivity contribution in [2.75, 3.05) is 19.0 Å². The minimum Gasteiger partial charge on any atom is -0.454 e. The van der Waals surface area contributed by atoms with E-state index in [0.29, 0.717) is 24.0 Å². The Kier molecular flexibility index (Phi) is 6.01. The molecule has 0 spiro atoms. The average molecular weight is 476 g/mol. The van der Waals surface area contributed by atoms with Gasteiger partial charge >= 0.3 is 5.97 Å². The van der Waals surface area contributed by atoms with Crippen molar-refractivity contribution in [3.63, 3.8) is 0 Å². The number of anilines is 1. The summed E-state index contributed by atoms with van der Waals surface area (Å²) in [6.45, 7) is 5.50. The van der Waals surface area contributed by atoms with Crippen LogP contribution in [0, 0.1) is 23.2 Å². The fourth-order valence-corrected chi connectivity index (χ4v) is 7.91. The van der Waals surface area contributed by atoms with Crippen LogP contribution in [0.3, 0.4) is 0 Å². The largest absolute Gasteiger partial charge is 0.454 e. The van der Waals surface area contributed by atoms with Crippen LogP contribution in [0.15, 0.2) is 47.1 Å². The molecule has 5 nitrogen and oxygen atoms in total. The van der Waals surface area contributed by atoms with E-state index in [1.807, 2.05) is 14.1 Å². The summed E-state index contributed by atoms with van der Waals surface area (Å²) in [6, 6.07) is 8.82. The number of esters is 1. The zero-order valence-corrected chi connectivity index (χ0v) is 21.6. The Morgan fingerprint density at radius 2 is 1.77 bits per heavy atom. The maximum Gasteiger partial charge on any atom is 0.303 e. The molecule has 35 heavy (non-hydrogen) atoms. The highest BCUT2D eigenvalue weighted by atomic mass is 16.5. The van der Waals surface area contributed by atoms with E-state index in [0.717, 1.165) is 43.4 Å². The van der Waals surface area contributed by atoms with Gasteiger partial charge in [0, 0.05) is 45.0 Å². The number of allylic oxidation sites excluding steroid dienone is 2. The van der Waals surface area contributed by atoms with Gasteiger partial charge < -0.3 is 9.64 Å². The van der Waals surface area contributed by atoms with E-state index < -0.39 is 12.1 Å². The lowest BCUT2D eigenvalue weighted by atomic mass is 9.51. The van der Waals surface area contributed by atoms with Crippen molar-refractivity contribution < 1.29 is 19.1 Å². The second-order valence-electron chi connectivity index (χ2n) is 11.5. The number of fused-ring (bicyclic) bond motifs is 4. The van der Waals surface area contributed by atoms with E-state index in [-0.39, 0.29) is 23.0 Å². The van der Waals surface area contributed by atoms with Gasteiger partial charge in [-0.3, -0.25) is 14.4 Å². The first-order valence-corrected chi connectivity index (χ1v) is 13.0. The van der Waals surface area contributed by atoms with Crippen LogP contribution in [-0.2, 0) is 19.1 Å². The van der Waals surface area contributed by atoms with E-state index in [1.54, 1.807) is 13.0 Å². The van der Waals surface area contributed by atoms with Crippen molar-refractivity contribution in [1.82, 2.24) is 0 Å². The van der Waals surface area contributed by atoms with E-state index in [4.69, 9.17) is 4.74 Å². The van der Waals surface area contributed by atoms with E-state index >= 15 is 0 Å². The quantitative estimate of drug-likeness (QED) is 0.546. The number of hydrogen-bond acceptors (Lipinski definition) is 5. The summed E-state index contributed by atoms with van der Waals surface area (Å²) in [5, 5.41) is 0.